The lowest BCUT2D eigenvalue weighted by molar-refractivity contribution is -0.142. The second-order valence-corrected chi connectivity index (χ2v) is 4.78. The molecule has 0 unspecified atom stereocenters. The van der Waals surface area contributed by atoms with E-state index in [1.807, 2.05) is 13.0 Å². The van der Waals surface area contributed by atoms with Crippen LogP contribution in [0.15, 0.2) is 18.2 Å². The number of imide groups is 2. The Hall–Kier alpha value is -2.50. The number of aryl methyl sites for hydroxylation is 2. The van der Waals surface area contributed by atoms with E-state index in [-0.39, 0.29) is 5.78 Å². The van der Waals surface area contributed by atoms with Gasteiger partial charge in [-0.05, 0) is 19.4 Å². The first-order chi connectivity index (χ1) is 9.32. The first kappa shape index (κ1) is 13.9. The Morgan fingerprint density at radius 3 is 2.25 bits per heavy atom. The standard InChI is InChI=1S/C14H14N2O4/c1-8-4-5-10(9(2)6-8)11(17)7-16-13(19)12(18)15(3)14(16)20/h4-6H,7H2,1-3H3. The Labute approximate surface area is 116 Å². The average molecular weight is 274 g/mol. The smallest absolute Gasteiger partial charge is 0.292 e. The van der Waals surface area contributed by atoms with E-state index in [0.717, 1.165) is 11.1 Å². The van der Waals surface area contributed by atoms with E-state index in [2.05, 4.69) is 0 Å². The van der Waals surface area contributed by atoms with Gasteiger partial charge in [-0.1, -0.05) is 23.8 Å². The number of hydrogen-bond donors (Lipinski definition) is 0. The van der Waals surface area contributed by atoms with Crippen LogP contribution in [0.2, 0.25) is 0 Å². The maximum absolute atomic E-state index is 12.2. The summed E-state index contributed by atoms with van der Waals surface area (Å²) in [5.74, 6) is -2.24. The van der Waals surface area contributed by atoms with Crippen LogP contribution in [0.4, 0.5) is 4.79 Å². The van der Waals surface area contributed by atoms with Gasteiger partial charge in [0.1, 0.15) is 0 Å². The summed E-state index contributed by atoms with van der Waals surface area (Å²) in [7, 11) is 1.21. The van der Waals surface area contributed by atoms with Gasteiger partial charge in [-0.2, -0.15) is 0 Å². The van der Waals surface area contributed by atoms with Crippen molar-refractivity contribution in [3.05, 3.63) is 34.9 Å². The Bertz CT molecular complexity index is 636. The van der Waals surface area contributed by atoms with Crippen LogP contribution in [0.25, 0.3) is 0 Å². The number of benzene rings is 1. The quantitative estimate of drug-likeness (QED) is 0.466. The molecular weight excluding hydrogens is 260 g/mol. The van der Waals surface area contributed by atoms with Crippen LogP contribution in [-0.2, 0) is 9.59 Å². The highest BCUT2D eigenvalue weighted by atomic mass is 16.2. The summed E-state index contributed by atoms with van der Waals surface area (Å²) in [6, 6.07) is 4.52. The van der Waals surface area contributed by atoms with Crippen LogP contribution in [0, 0.1) is 13.8 Å². The summed E-state index contributed by atoms with van der Waals surface area (Å²) in [4.78, 5) is 48.2. The number of ketones is 1. The molecule has 6 heteroatoms. The summed E-state index contributed by atoms with van der Waals surface area (Å²) < 4.78 is 0. The number of nitrogens with zero attached hydrogens (tertiary/aromatic N) is 2. The van der Waals surface area contributed by atoms with Crippen LogP contribution in [0.1, 0.15) is 21.5 Å². The van der Waals surface area contributed by atoms with Crippen LogP contribution < -0.4 is 0 Å². The molecule has 0 N–H and O–H groups in total. The van der Waals surface area contributed by atoms with E-state index < -0.39 is 24.4 Å². The molecule has 0 bridgehead atoms. The highest BCUT2D eigenvalue weighted by molar-refractivity contribution is 6.45. The molecule has 1 fully saturated rings. The molecule has 104 valence electrons. The van der Waals surface area contributed by atoms with Gasteiger partial charge in [0.15, 0.2) is 5.78 Å². The van der Waals surface area contributed by atoms with Crippen LogP contribution in [0.5, 0.6) is 0 Å². The molecule has 0 aliphatic carbocycles. The van der Waals surface area contributed by atoms with Gasteiger partial charge in [-0.25, -0.2) is 9.69 Å². The third-order valence-corrected chi connectivity index (χ3v) is 3.23. The van der Waals surface area contributed by atoms with E-state index in [1.165, 1.54) is 7.05 Å². The van der Waals surface area contributed by atoms with Gasteiger partial charge in [0, 0.05) is 12.6 Å². The van der Waals surface area contributed by atoms with Crippen molar-refractivity contribution in [2.45, 2.75) is 13.8 Å². The molecule has 1 aliphatic rings. The lowest BCUT2D eigenvalue weighted by Gasteiger charge is -2.13. The van der Waals surface area contributed by atoms with Gasteiger partial charge in [-0.3, -0.25) is 19.3 Å². The van der Waals surface area contributed by atoms with Gasteiger partial charge >= 0.3 is 17.8 Å². The fraction of sp³-hybridized carbons (Fsp3) is 0.286. The van der Waals surface area contributed by atoms with Crippen LogP contribution in [-0.4, -0.2) is 47.0 Å². The highest BCUT2D eigenvalue weighted by Gasteiger charge is 2.43. The number of Topliss-reactive ketones (excluding diaryl/α,β-unsaturated/α-hetero) is 1. The van der Waals surface area contributed by atoms with Crippen LogP contribution in [0.3, 0.4) is 0 Å². The number of amides is 4. The predicted octanol–water partition coefficient (Wildman–Crippen LogP) is 0.907. The van der Waals surface area contributed by atoms with E-state index in [0.29, 0.717) is 15.4 Å². The minimum atomic E-state index is -0.962. The van der Waals surface area contributed by atoms with Crippen molar-refractivity contribution >= 4 is 23.6 Å². The lowest BCUT2D eigenvalue weighted by atomic mass is 10.0. The van der Waals surface area contributed by atoms with Crippen molar-refractivity contribution < 1.29 is 19.2 Å². The molecule has 20 heavy (non-hydrogen) atoms. The molecule has 1 aliphatic heterocycles. The molecule has 1 aromatic rings. The SMILES string of the molecule is Cc1ccc(C(=O)CN2C(=O)C(=O)N(C)C2=O)c(C)c1. The van der Waals surface area contributed by atoms with Crippen molar-refractivity contribution in [1.82, 2.24) is 9.80 Å². The number of hydrogen-bond acceptors (Lipinski definition) is 4. The van der Waals surface area contributed by atoms with E-state index in [1.54, 1.807) is 19.1 Å². The van der Waals surface area contributed by atoms with E-state index >= 15 is 0 Å². The zero-order valence-electron chi connectivity index (χ0n) is 11.5. The molecule has 6 nitrogen and oxygen atoms in total. The number of carbonyl (C=O) groups excluding carboxylic acids is 4. The molecule has 2 rings (SSSR count). The molecule has 1 aromatic carbocycles. The Morgan fingerprint density at radius 2 is 1.75 bits per heavy atom. The maximum Gasteiger partial charge on any atom is 0.334 e. The fourth-order valence-corrected chi connectivity index (χ4v) is 2.11. The van der Waals surface area contributed by atoms with Crippen molar-refractivity contribution in [3.63, 3.8) is 0 Å². The number of rotatable bonds is 3. The largest absolute Gasteiger partial charge is 0.334 e. The summed E-state index contributed by atoms with van der Waals surface area (Å²) in [5.41, 5.74) is 2.23. The third kappa shape index (κ3) is 2.20. The first-order valence-corrected chi connectivity index (χ1v) is 6.07. The Kier molecular flexibility index (Phi) is 3.40. The first-order valence-electron chi connectivity index (χ1n) is 6.07. The minimum absolute atomic E-state index is 0.368. The Balaban J connectivity index is 2.22. The van der Waals surface area contributed by atoms with Gasteiger partial charge < -0.3 is 0 Å². The highest BCUT2D eigenvalue weighted by Crippen LogP contribution is 2.15. The molecule has 0 atom stereocenters. The maximum atomic E-state index is 12.2. The van der Waals surface area contributed by atoms with Gasteiger partial charge in [-0.15, -0.1) is 0 Å². The molecule has 1 saturated heterocycles. The van der Waals surface area contributed by atoms with E-state index in [9.17, 15) is 19.2 Å². The topological polar surface area (TPSA) is 74.8 Å². The number of urea groups is 1. The van der Waals surface area contributed by atoms with Crippen molar-refractivity contribution in [2.75, 3.05) is 13.6 Å². The monoisotopic (exact) mass is 274 g/mol. The average Bonchev–Trinajstić information content (AvgIpc) is 2.56. The van der Waals surface area contributed by atoms with Crippen molar-refractivity contribution in [2.24, 2.45) is 0 Å². The molecule has 0 saturated carbocycles. The summed E-state index contributed by atoms with van der Waals surface area (Å²) >= 11 is 0. The number of likely N-dealkylation sites (N-methyl/N-ethyl adjacent to an activating group) is 1. The normalized spacial score (nSPS) is 15.2. The second kappa shape index (κ2) is 4.88. The zero-order chi connectivity index (χ0) is 15.0. The van der Waals surface area contributed by atoms with Crippen molar-refractivity contribution in [1.29, 1.82) is 0 Å². The Morgan fingerprint density at radius 1 is 1.10 bits per heavy atom. The van der Waals surface area contributed by atoms with Gasteiger partial charge in [0.2, 0.25) is 0 Å². The zero-order valence-corrected chi connectivity index (χ0v) is 11.5. The van der Waals surface area contributed by atoms with Crippen molar-refractivity contribution in [3.8, 4) is 0 Å². The van der Waals surface area contributed by atoms with Gasteiger partial charge in [0.05, 0.1) is 6.54 Å². The second-order valence-electron chi connectivity index (χ2n) is 4.78. The molecule has 1 heterocycles. The van der Waals surface area contributed by atoms with Gasteiger partial charge in [0.25, 0.3) is 0 Å². The summed E-state index contributed by atoms with van der Waals surface area (Å²) in [5, 5.41) is 0. The third-order valence-electron chi connectivity index (χ3n) is 3.23. The fourth-order valence-electron chi connectivity index (χ4n) is 2.11. The molecule has 4 amide bonds. The molecule has 0 radical (unpaired) electrons. The lowest BCUT2D eigenvalue weighted by Crippen LogP contribution is -2.36. The summed E-state index contributed by atoms with van der Waals surface area (Å²) in [6.45, 7) is 3.27. The molecule has 0 aromatic heterocycles. The molecule has 0 spiro atoms. The van der Waals surface area contributed by atoms with Crippen LogP contribution >= 0.6 is 0 Å². The molecular formula is C14H14N2O4. The minimum Gasteiger partial charge on any atom is -0.292 e. The number of carbonyl (C=O) groups is 4. The van der Waals surface area contributed by atoms with E-state index in [4.69, 9.17) is 0 Å². The summed E-state index contributed by atoms with van der Waals surface area (Å²) in [6.07, 6.45) is 0. The predicted molar refractivity (Wildman–Crippen MR) is 70.1 cm³/mol.